The predicted octanol–water partition coefficient (Wildman–Crippen LogP) is 4.38. The molecule has 0 aliphatic carbocycles. The number of urea groups is 1. The molecule has 3 fully saturated rings. The maximum atomic E-state index is 14.2. The number of nitrogens with one attached hydrogen (secondary N) is 3. The number of β-amino-alcohol motifs (C(OH)–C–C–N with tert-alkyl or cyclic N) is 1. The Balaban J connectivity index is 0.740. The molecule has 7 heterocycles. The topological polar surface area (TPSA) is 199 Å². The van der Waals surface area contributed by atoms with Gasteiger partial charge in [-0.15, -0.1) is 16.6 Å². The molecule has 0 bridgehead atoms. The van der Waals surface area contributed by atoms with Gasteiger partial charge in [0, 0.05) is 98.8 Å². The Hall–Kier alpha value is -6.61. The number of carbonyl (C=O) groups is 3. The average Bonchev–Trinajstić information content (AvgIpc) is 3.93. The van der Waals surface area contributed by atoms with Crippen LogP contribution in [0.15, 0.2) is 67.0 Å². The Labute approximate surface area is 397 Å². The number of rotatable bonds is 10. The van der Waals surface area contributed by atoms with Gasteiger partial charge in [0.05, 0.1) is 24.5 Å². The number of aliphatic hydroxyl groups is 1. The van der Waals surface area contributed by atoms with Crippen LogP contribution >= 0.6 is 0 Å². The molecule has 3 aromatic heterocycles. The number of aromatic hydroxyl groups is 1. The number of piperazine rings is 1. The van der Waals surface area contributed by atoms with Gasteiger partial charge in [-0.1, -0.05) is 51.0 Å². The fourth-order valence-electron chi connectivity index (χ4n) is 10.2. The van der Waals surface area contributed by atoms with Gasteiger partial charge in [0.15, 0.2) is 5.65 Å². The monoisotopic (exact) mass is 922 g/mol. The van der Waals surface area contributed by atoms with Gasteiger partial charge in [0.1, 0.15) is 17.8 Å². The first-order valence-corrected chi connectivity index (χ1v) is 23.8. The Morgan fingerprint density at radius 3 is 2.34 bits per heavy atom. The van der Waals surface area contributed by atoms with Crippen molar-refractivity contribution in [2.45, 2.75) is 90.1 Å². The number of anilines is 1. The molecule has 5 aromatic rings. The van der Waals surface area contributed by atoms with Crippen molar-refractivity contribution in [3.8, 4) is 29.4 Å². The van der Waals surface area contributed by atoms with E-state index in [1.165, 1.54) is 4.90 Å². The maximum Gasteiger partial charge on any atom is 0.318 e. The van der Waals surface area contributed by atoms with Crippen LogP contribution in [0.5, 0.6) is 5.75 Å². The molecule has 2 aromatic carbocycles. The van der Waals surface area contributed by atoms with E-state index in [1.807, 2.05) is 63.5 Å². The normalized spacial score (nSPS) is 21.1. The molecule has 68 heavy (non-hydrogen) atoms. The number of piperidine rings is 1. The quantitative estimate of drug-likeness (QED) is 0.124. The number of para-hydroxylation sites is 1. The average molecular weight is 923 g/mol. The van der Waals surface area contributed by atoms with Gasteiger partial charge in [-0.2, -0.15) is 0 Å². The molecule has 5 N–H and O–H groups in total. The van der Waals surface area contributed by atoms with Gasteiger partial charge in [-0.05, 0) is 85.6 Å². The molecular weight excluding hydrogens is 861 g/mol. The second-order valence-corrected chi connectivity index (χ2v) is 19.8. The summed E-state index contributed by atoms with van der Waals surface area (Å²) in [5, 5.41) is 36.9. The van der Waals surface area contributed by atoms with E-state index in [-0.39, 0.29) is 49.1 Å². The number of aromatic amines is 1. The highest BCUT2D eigenvalue weighted by atomic mass is 16.3. The molecule has 0 spiro atoms. The Bertz CT molecular complexity index is 2660. The number of nitrogens with zero attached hydrogens (tertiary/aromatic N) is 9. The van der Waals surface area contributed by atoms with Crippen molar-refractivity contribution >= 4 is 34.8 Å². The number of H-pyrrole nitrogens is 1. The zero-order valence-corrected chi connectivity index (χ0v) is 39.4. The molecular formula is C51H62N12O5. The van der Waals surface area contributed by atoms with Crippen LogP contribution in [0, 0.1) is 17.8 Å². The van der Waals surface area contributed by atoms with Crippen LogP contribution in [0.2, 0.25) is 0 Å². The number of hydrogen-bond acceptors (Lipinski definition) is 12. The third-order valence-corrected chi connectivity index (χ3v) is 14.2. The Morgan fingerprint density at radius 2 is 1.65 bits per heavy atom. The summed E-state index contributed by atoms with van der Waals surface area (Å²) in [6, 6.07) is 14.4. The standard InChI is InChI=1S/C51H62N12O5/c1-6-33-11-13-34(14-12-33)27-52-47(66)42-25-37(64)30-63(42)48(67)45(51(3,4)5)56-50(68)61-23-21-60(22-24-61)31-59-18-15-35(16-19-59)36-28-53-49(54-29-36)62-20-17-40-44(32(62)2)39-26-41(57-58-46(39)55-40)38-9-7-8-10-43(38)65/h1,7-14,26,28-29,32,35,37,42,45,64-65H,15-25,27,30-31H2,2-5H3,(H,52,66)(H,55,58)(H,56,68)/t32-,37-,42+,45-/m1/s1. The third-order valence-electron chi connectivity index (χ3n) is 14.2. The second-order valence-electron chi connectivity index (χ2n) is 19.8. The lowest BCUT2D eigenvalue weighted by Gasteiger charge is -2.41. The predicted molar refractivity (Wildman–Crippen MR) is 258 cm³/mol. The van der Waals surface area contributed by atoms with Gasteiger partial charge >= 0.3 is 6.03 Å². The molecule has 356 valence electrons. The zero-order chi connectivity index (χ0) is 47.7. The minimum absolute atomic E-state index is 0.00468. The van der Waals surface area contributed by atoms with Crippen LogP contribution in [0.25, 0.3) is 22.3 Å². The number of aromatic nitrogens is 5. The van der Waals surface area contributed by atoms with Crippen molar-refractivity contribution in [2.75, 3.05) is 63.9 Å². The molecule has 17 heteroatoms. The summed E-state index contributed by atoms with van der Waals surface area (Å²) in [6.45, 7) is 14.1. The zero-order valence-electron chi connectivity index (χ0n) is 39.4. The van der Waals surface area contributed by atoms with Crippen molar-refractivity contribution in [2.24, 2.45) is 5.41 Å². The number of amides is 4. The Kier molecular flexibility index (Phi) is 13.4. The van der Waals surface area contributed by atoms with Crippen LogP contribution in [-0.2, 0) is 22.6 Å². The molecule has 17 nitrogen and oxygen atoms in total. The van der Waals surface area contributed by atoms with Gasteiger partial charge in [0.25, 0.3) is 0 Å². The van der Waals surface area contributed by atoms with Crippen LogP contribution < -0.4 is 15.5 Å². The summed E-state index contributed by atoms with van der Waals surface area (Å²) in [5.74, 6) is 3.08. The van der Waals surface area contributed by atoms with Crippen LogP contribution in [0.1, 0.15) is 86.9 Å². The van der Waals surface area contributed by atoms with Crippen molar-refractivity contribution in [3.05, 3.63) is 94.9 Å². The third kappa shape index (κ3) is 9.85. The van der Waals surface area contributed by atoms with E-state index in [9.17, 15) is 24.6 Å². The molecule has 4 aliphatic rings. The van der Waals surface area contributed by atoms with E-state index in [1.54, 1.807) is 29.2 Å². The molecule has 4 atom stereocenters. The summed E-state index contributed by atoms with van der Waals surface area (Å²) >= 11 is 0. The second kappa shape index (κ2) is 19.5. The number of phenols is 1. The summed E-state index contributed by atoms with van der Waals surface area (Å²) in [4.78, 5) is 64.9. The lowest BCUT2D eigenvalue weighted by molar-refractivity contribution is -0.142. The van der Waals surface area contributed by atoms with E-state index < -0.39 is 23.6 Å². The smallest absolute Gasteiger partial charge is 0.318 e. The number of hydrogen-bond donors (Lipinski definition) is 5. The van der Waals surface area contributed by atoms with E-state index in [4.69, 9.17) is 16.4 Å². The van der Waals surface area contributed by atoms with E-state index in [0.717, 1.165) is 84.5 Å². The highest BCUT2D eigenvalue weighted by molar-refractivity contribution is 5.93. The van der Waals surface area contributed by atoms with E-state index in [0.29, 0.717) is 49.3 Å². The number of terminal acetylenes is 1. The lowest BCUT2D eigenvalue weighted by Crippen LogP contribution is -2.61. The van der Waals surface area contributed by atoms with Gasteiger partial charge in [0.2, 0.25) is 17.8 Å². The van der Waals surface area contributed by atoms with E-state index in [2.05, 4.69) is 53.4 Å². The SMILES string of the molecule is C#Cc1ccc(CNC(=O)[C@@H]2C[C@@H](O)CN2C(=O)[C@@H](NC(=O)N2CCN(CN3CCC(c4cnc(N5CCc6[nH]c7nnc(-c8ccccc8O)cc7c6[C@H]5C)nc4)CC3)CC2)C(C)(C)C)cc1. The molecule has 4 aliphatic heterocycles. The molecule has 0 radical (unpaired) electrons. The lowest BCUT2D eigenvalue weighted by atomic mass is 9.85. The summed E-state index contributed by atoms with van der Waals surface area (Å²) < 4.78 is 0. The van der Waals surface area contributed by atoms with Crippen molar-refractivity contribution in [3.63, 3.8) is 0 Å². The fraction of sp³-hybridized carbons (Fsp3) is 0.471. The van der Waals surface area contributed by atoms with Crippen molar-refractivity contribution in [1.82, 2.24) is 55.4 Å². The number of aliphatic hydroxyl groups excluding tert-OH is 1. The first kappa shape index (κ1) is 46.5. The summed E-state index contributed by atoms with van der Waals surface area (Å²) in [6.07, 6.45) is 11.5. The maximum absolute atomic E-state index is 14.2. The molecule has 3 saturated heterocycles. The number of carbonyl (C=O) groups excluding carboxylic acids is 3. The van der Waals surface area contributed by atoms with E-state index >= 15 is 0 Å². The number of benzene rings is 2. The van der Waals surface area contributed by atoms with Gasteiger partial charge in [-0.25, -0.2) is 14.8 Å². The molecule has 0 saturated carbocycles. The minimum atomic E-state index is -0.905. The molecule has 9 rings (SSSR count). The highest BCUT2D eigenvalue weighted by Crippen LogP contribution is 2.39. The van der Waals surface area contributed by atoms with Crippen molar-refractivity contribution in [1.29, 1.82) is 0 Å². The fourth-order valence-corrected chi connectivity index (χ4v) is 10.2. The van der Waals surface area contributed by atoms with Crippen LogP contribution in [0.3, 0.4) is 0 Å². The van der Waals surface area contributed by atoms with Crippen LogP contribution in [-0.4, -0.2) is 150 Å². The summed E-state index contributed by atoms with van der Waals surface area (Å²) in [5.41, 5.74) is 6.40. The largest absolute Gasteiger partial charge is 0.507 e. The van der Waals surface area contributed by atoms with Crippen LogP contribution in [0.4, 0.5) is 10.7 Å². The first-order chi connectivity index (χ1) is 32.7. The number of phenolic OH excluding ortho intramolecular Hbond substituents is 1. The van der Waals surface area contributed by atoms with Gasteiger partial charge < -0.3 is 40.5 Å². The molecule has 0 unspecified atom stereocenters. The van der Waals surface area contributed by atoms with Crippen molar-refractivity contribution < 1.29 is 24.6 Å². The number of fused-ring (bicyclic) bond motifs is 3. The highest BCUT2D eigenvalue weighted by Gasteiger charge is 2.45. The Morgan fingerprint density at radius 1 is 0.941 bits per heavy atom. The first-order valence-electron chi connectivity index (χ1n) is 23.8. The number of likely N-dealkylation sites (tertiary alicyclic amines) is 2. The van der Waals surface area contributed by atoms with Gasteiger partial charge in [-0.3, -0.25) is 19.4 Å². The minimum Gasteiger partial charge on any atom is -0.507 e. The summed E-state index contributed by atoms with van der Waals surface area (Å²) in [7, 11) is 0. The molecule has 4 amide bonds.